The van der Waals surface area contributed by atoms with Gasteiger partial charge in [-0.1, -0.05) is 26.2 Å². The van der Waals surface area contributed by atoms with Gasteiger partial charge >= 0.3 is 0 Å². The van der Waals surface area contributed by atoms with Gasteiger partial charge in [-0.25, -0.2) is 0 Å². The molecule has 3 nitrogen and oxygen atoms in total. The zero-order valence-corrected chi connectivity index (χ0v) is 13.9. The number of hydrogen-bond acceptors (Lipinski definition) is 3. The van der Waals surface area contributed by atoms with Gasteiger partial charge in [0.2, 0.25) is 0 Å². The van der Waals surface area contributed by atoms with Gasteiger partial charge in [0.15, 0.2) is 0 Å². The fourth-order valence-corrected chi connectivity index (χ4v) is 4.02. The minimum atomic E-state index is 0.724. The Morgan fingerprint density at radius 3 is 2.45 bits per heavy atom. The van der Waals surface area contributed by atoms with Crippen molar-refractivity contribution in [1.29, 1.82) is 0 Å². The molecule has 0 amide bonds. The fourth-order valence-electron chi connectivity index (χ4n) is 4.02. The molecule has 1 N–H and O–H groups in total. The van der Waals surface area contributed by atoms with E-state index in [1.807, 2.05) is 0 Å². The molecule has 2 atom stereocenters. The van der Waals surface area contributed by atoms with E-state index in [-0.39, 0.29) is 0 Å². The van der Waals surface area contributed by atoms with Crippen LogP contribution in [0.5, 0.6) is 0 Å². The Morgan fingerprint density at radius 2 is 1.75 bits per heavy atom. The summed E-state index contributed by atoms with van der Waals surface area (Å²) in [5, 5.41) is 3.84. The maximum atomic E-state index is 3.84. The molecule has 1 aliphatic carbocycles. The summed E-state index contributed by atoms with van der Waals surface area (Å²) in [4.78, 5) is 5.22. The predicted octanol–water partition coefficient (Wildman–Crippen LogP) is 2.71. The zero-order valence-electron chi connectivity index (χ0n) is 13.9. The largest absolute Gasteiger partial charge is 0.312 e. The van der Waals surface area contributed by atoms with Crippen LogP contribution in [0.1, 0.15) is 58.3 Å². The summed E-state index contributed by atoms with van der Waals surface area (Å²) < 4.78 is 0. The lowest BCUT2D eigenvalue weighted by atomic mass is 9.96. The number of piperidine rings is 1. The molecule has 0 aromatic heterocycles. The number of hydrogen-bond donors (Lipinski definition) is 1. The van der Waals surface area contributed by atoms with E-state index >= 15 is 0 Å². The summed E-state index contributed by atoms with van der Waals surface area (Å²) >= 11 is 0. The predicted molar refractivity (Wildman–Crippen MR) is 87.2 cm³/mol. The van der Waals surface area contributed by atoms with Crippen LogP contribution in [0.3, 0.4) is 0 Å². The topological polar surface area (TPSA) is 18.5 Å². The molecular formula is C17H35N3. The molecule has 2 aliphatic rings. The molecule has 1 aliphatic heterocycles. The maximum absolute atomic E-state index is 3.84. The van der Waals surface area contributed by atoms with Gasteiger partial charge in [0.1, 0.15) is 0 Å². The van der Waals surface area contributed by atoms with Gasteiger partial charge in [-0.05, 0) is 65.8 Å². The van der Waals surface area contributed by atoms with Gasteiger partial charge in [0.05, 0.1) is 0 Å². The van der Waals surface area contributed by atoms with E-state index in [1.165, 1.54) is 71.0 Å². The van der Waals surface area contributed by atoms with Crippen LogP contribution in [-0.4, -0.2) is 61.7 Å². The minimum Gasteiger partial charge on any atom is -0.312 e. The van der Waals surface area contributed by atoms with Crippen LogP contribution < -0.4 is 5.32 Å². The standard InChI is InChI=1S/C17H35N3/c1-4-12-18-16-8-6-5-7-9-17(16)20(3)15-10-13-19(2)14-11-15/h15-18H,4-14H2,1-3H3. The molecule has 1 saturated carbocycles. The molecule has 1 heterocycles. The first-order chi connectivity index (χ1) is 9.72. The van der Waals surface area contributed by atoms with E-state index < -0.39 is 0 Å². The number of likely N-dealkylation sites (tertiary alicyclic amines) is 1. The molecule has 3 heteroatoms. The van der Waals surface area contributed by atoms with Crippen LogP contribution in [0.15, 0.2) is 0 Å². The summed E-state index contributed by atoms with van der Waals surface area (Å²) in [6, 6.07) is 2.29. The third kappa shape index (κ3) is 4.44. The zero-order chi connectivity index (χ0) is 14.4. The lowest BCUT2D eigenvalue weighted by Gasteiger charge is -2.42. The van der Waals surface area contributed by atoms with Crippen molar-refractivity contribution in [3.8, 4) is 0 Å². The molecule has 0 bridgehead atoms. The summed E-state index contributed by atoms with van der Waals surface area (Å²) in [5.41, 5.74) is 0. The Hall–Kier alpha value is -0.120. The van der Waals surface area contributed by atoms with E-state index in [0.29, 0.717) is 0 Å². The number of nitrogens with zero attached hydrogens (tertiary/aromatic N) is 2. The number of rotatable bonds is 5. The van der Waals surface area contributed by atoms with Crippen LogP contribution in [-0.2, 0) is 0 Å². The molecule has 1 saturated heterocycles. The van der Waals surface area contributed by atoms with Crippen LogP contribution in [0.4, 0.5) is 0 Å². The average Bonchev–Trinajstić information content (AvgIpc) is 2.70. The second-order valence-electron chi connectivity index (χ2n) is 6.97. The van der Waals surface area contributed by atoms with Gasteiger partial charge in [-0.2, -0.15) is 0 Å². The van der Waals surface area contributed by atoms with Crippen LogP contribution in [0, 0.1) is 0 Å². The molecule has 2 fully saturated rings. The lowest BCUT2D eigenvalue weighted by molar-refractivity contribution is 0.0837. The van der Waals surface area contributed by atoms with E-state index in [2.05, 4.69) is 36.1 Å². The van der Waals surface area contributed by atoms with E-state index in [4.69, 9.17) is 0 Å². The average molecular weight is 281 g/mol. The summed E-state index contributed by atoms with van der Waals surface area (Å²) in [7, 11) is 4.65. The van der Waals surface area contributed by atoms with Crippen LogP contribution >= 0.6 is 0 Å². The fraction of sp³-hybridized carbons (Fsp3) is 1.00. The van der Waals surface area contributed by atoms with Crippen molar-refractivity contribution in [1.82, 2.24) is 15.1 Å². The number of nitrogens with one attached hydrogen (secondary N) is 1. The Kier molecular flexibility index (Phi) is 6.79. The van der Waals surface area contributed by atoms with Gasteiger partial charge < -0.3 is 10.2 Å². The van der Waals surface area contributed by atoms with Crippen molar-refractivity contribution >= 4 is 0 Å². The normalized spacial score (nSPS) is 30.6. The Bertz CT molecular complexity index is 261. The van der Waals surface area contributed by atoms with Crippen LogP contribution in [0.25, 0.3) is 0 Å². The first-order valence-corrected chi connectivity index (χ1v) is 8.86. The van der Waals surface area contributed by atoms with Crippen molar-refractivity contribution in [2.45, 2.75) is 76.4 Å². The van der Waals surface area contributed by atoms with E-state index in [1.54, 1.807) is 0 Å². The molecule has 20 heavy (non-hydrogen) atoms. The molecule has 0 spiro atoms. The maximum Gasteiger partial charge on any atom is 0.0249 e. The Labute approximate surface area is 126 Å². The van der Waals surface area contributed by atoms with Gasteiger partial charge in [-0.3, -0.25) is 4.90 Å². The SMILES string of the molecule is CCCNC1CCCCCC1N(C)C1CCN(C)CC1. The molecule has 0 radical (unpaired) electrons. The monoisotopic (exact) mass is 281 g/mol. The quantitative estimate of drug-likeness (QED) is 0.782. The van der Waals surface area contributed by atoms with Crippen molar-refractivity contribution in [3.05, 3.63) is 0 Å². The van der Waals surface area contributed by atoms with Crippen molar-refractivity contribution < 1.29 is 0 Å². The van der Waals surface area contributed by atoms with Crippen LogP contribution in [0.2, 0.25) is 0 Å². The molecule has 0 aromatic rings. The smallest absolute Gasteiger partial charge is 0.0249 e. The lowest BCUT2D eigenvalue weighted by Crippen LogP contribution is -2.53. The third-order valence-electron chi connectivity index (χ3n) is 5.42. The van der Waals surface area contributed by atoms with Gasteiger partial charge in [0.25, 0.3) is 0 Å². The Balaban J connectivity index is 1.93. The molecule has 118 valence electrons. The number of likely N-dealkylation sites (N-methyl/N-ethyl adjacent to an activating group) is 1. The highest BCUT2D eigenvalue weighted by molar-refractivity contribution is 4.90. The first kappa shape index (κ1) is 16.3. The molecule has 2 rings (SSSR count). The van der Waals surface area contributed by atoms with Crippen molar-refractivity contribution in [2.75, 3.05) is 33.7 Å². The molecule has 2 unspecified atom stereocenters. The highest BCUT2D eigenvalue weighted by Gasteiger charge is 2.31. The third-order valence-corrected chi connectivity index (χ3v) is 5.42. The summed E-state index contributed by atoms with van der Waals surface area (Å²) in [6.07, 6.45) is 11.0. The second-order valence-corrected chi connectivity index (χ2v) is 6.97. The van der Waals surface area contributed by atoms with Gasteiger partial charge in [0, 0.05) is 18.1 Å². The molecular weight excluding hydrogens is 246 g/mol. The van der Waals surface area contributed by atoms with E-state index in [0.717, 1.165) is 18.1 Å². The highest BCUT2D eigenvalue weighted by Crippen LogP contribution is 2.26. The van der Waals surface area contributed by atoms with Gasteiger partial charge in [-0.15, -0.1) is 0 Å². The summed E-state index contributed by atoms with van der Waals surface area (Å²) in [6.45, 7) is 6.01. The van der Waals surface area contributed by atoms with Crippen molar-refractivity contribution in [2.24, 2.45) is 0 Å². The van der Waals surface area contributed by atoms with Crippen molar-refractivity contribution in [3.63, 3.8) is 0 Å². The second kappa shape index (κ2) is 8.35. The Morgan fingerprint density at radius 1 is 1.05 bits per heavy atom. The highest BCUT2D eigenvalue weighted by atomic mass is 15.2. The van der Waals surface area contributed by atoms with E-state index in [9.17, 15) is 0 Å². The first-order valence-electron chi connectivity index (χ1n) is 8.86. The molecule has 0 aromatic carbocycles. The summed E-state index contributed by atoms with van der Waals surface area (Å²) in [5.74, 6) is 0. The minimum absolute atomic E-state index is 0.724.